The minimum atomic E-state index is -1.04. The van der Waals surface area contributed by atoms with Crippen molar-refractivity contribution in [1.82, 2.24) is 19.8 Å². The molecule has 2 amide bonds. The lowest BCUT2D eigenvalue weighted by Crippen LogP contribution is -2.54. The Labute approximate surface area is 162 Å². The Hall–Kier alpha value is -2.81. The van der Waals surface area contributed by atoms with E-state index < -0.39 is 6.35 Å². The van der Waals surface area contributed by atoms with Gasteiger partial charge in [-0.25, -0.2) is 9.31 Å². The number of piperidine rings is 1. The number of carbonyl (C=O) groups is 2. The van der Waals surface area contributed by atoms with Gasteiger partial charge < -0.3 is 25.0 Å². The molecule has 150 valence electrons. The van der Waals surface area contributed by atoms with Crippen molar-refractivity contribution < 1.29 is 19.4 Å². The lowest BCUT2D eigenvalue weighted by Gasteiger charge is -2.33. The summed E-state index contributed by atoms with van der Waals surface area (Å²) >= 11 is 0. The van der Waals surface area contributed by atoms with E-state index in [1.807, 2.05) is 6.20 Å². The van der Waals surface area contributed by atoms with E-state index in [-0.39, 0.29) is 12.0 Å². The van der Waals surface area contributed by atoms with Crippen LogP contribution in [0.1, 0.15) is 24.8 Å². The number of aliphatic hydroxyl groups excluding tert-OH is 1. The number of fused-ring (bicyclic) bond motifs is 1. The average Bonchev–Trinajstić information content (AvgIpc) is 3.11. The fraction of sp³-hybridized carbons (Fsp3) is 0.526. The van der Waals surface area contributed by atoms with Gasteiger partial charge in [0.05, 0.1) is 24.5 Å². The summed E-state index contributed by atoms with van der Waals surface area (Å²) < 4.78 is 6.57. The van der Waals surface area contributed by atoms with Crippen LogP contribution in [-0.4, -0.2) is 64.7 Å². The Morgan fingerprint density at radius 2 is 2.14 bits per heavy atom. The van der Waals surface area contributed by atoms with Crippen LogP contribution in [0.25, 0.3) is 5.52 Å². The summed E-state index contributed by atoms with van der Waals surface area (Å²) in [7, 11) is 1.41. The second kappa shape index (κ2) is 7.67. The van der Waals surface area contributed by atoms with Gasteiger partial charge in [0.15, 0.2) is 0 Å². The van der Waals surface area contributed by atoms with Crippen LogP contribution in [0.2, 0.25) is 0 Å². The number of likely N-dealkylation sites (tertiary alicyclic amines) is 1. The Morgan fingerprint density at radius 3 is 2.86 bits per heavy atom. The number of amides is 2. The molecule has 9 heteroatoms. The first-order valence-electron chi connectivity index (χ1n) is 9.58. The van der Waals surface area contributed by atoms with E-state index in [0.29, 0.717) is 18.9 Å². The zero-order valence-electron chi connectivity index (χ0n) is 15.9. The van der Waals surface area contributed by atoms with Crippen molar-refractivity contribution in [3.63, 3.8) is 0 Å². The summed E-state index contributed by atoms with van der Waals surface area (Å²) in [6.45, 7) is 1.89. The number of nitrogens with zero attached hydrogens (tertiary/aromatic N) is 4. The Morgan fingerprint density at radius 1 is 1.36 bits per heavy atom. The number of hydrogen-bond acceptors (Lipinski definition) is 6. The maximum absolute atomic E-state index is 11.6. The molecule has 9 nitrogen and oxygen atoms in total. The first-order valence-corrected chi connectivity index (χ1v) is 9.58. The maximum atomic E-state index is 11.6. The number of hydrogen-bond donors (Lipinski definition) is 2. The predicted molar refractivity (Wildman–Crippen MR) is 102 cm³/mol. The number of nitrogens with one attached hydrogen (secondary N) is 1. The van der Waals surface area contributed by atoms with Gasteiger partial charge in [-0.15, -0.1) is 0 Å². The van der Waals surface area contributed by atoms with Crippen molar-refractivity contribution in [2.75, 3.05) is 31.6 Å². The molecule has 0 spiro atoms. The van der Waals surface area contributed by atoms with Crippen LogP contribution < -0.4 is 10.2 Å². The van der Waals surface area contributed by atoms with Crippen molar-refractivity contribution in [2.45, 2.75) is 32.0 Å². The van der Waals surface area contributed by atoms with Crippen LogP contribution in [0.3, 0.4) is 0 Å². The van der Waals surface area contributed by atoms with Crippen LogP contribution in [0.4, 0.5) is 10.5 Å². The van der Waals surface area contributed by atoms with E-state index >= 15 is 0 Å². The highest BCUT2D eigenvalue weighted by atomic mass is 16.5. The standard InChI is InChI=1S/C19H25N5O4/c1-28-19(27)22-6-2-13(3-7-22)10-14-4-9-24-15(11-14)16(12-20-24)23-8-5-17(25)21-18(23)26/h4,9,11-13,18,26H,2-3,5-8,10H2,1H3,(H,21,25). The van der Waals surface area contributed by atoms with Gasteiger partial charge in [-0.2, -0.15) is 5.10 Å². The molecule has 2 N–H and O–H groups in total. The molecular formula is C19H25N5O4. The third-order valence-electron chi connectivity index (χ3n) is 5.61. The lowest BCUT2D eigenvalue weighted by molar-refractivity contribution is -0.125. The summed E-state index contributed by atoms with van der Waals surface area (Å²) in [5.41, 5.74) is 2.90. The number of pyridine rings is 1. The molecule has 28 heavy (non-hydrogen) atoms. The summed E-state index contributed by atoms with van der Waals surface area (Å²) in [6, 6.07) is 4.16. The fourth-order valence-electron chi connectivity index (χ4n) is 4.03. The minimum Gasteiger partial charge on any atom is -0.453 e. The van der Waals surface area contributed by atoms with Crippen molar-refractivity contribution in [1.29, 1.82) is 0 Å². The number of anilines is 1. The first-order chi connectivity index (χ1) is 13.5. The van der Waals surface area contributed by atoms with Gasteiger partial charge in [-0.3, -0.25) is 4.79 Å². The molecule has 0 saturated carbocycles. The van der Waals surface area contributed by atoms with Gasteiger partial charge in [0.25, 0.3) is 0 Å². The van der Waals surface area contributed by atoms with E-state index in [0.717, 1.165) is 43.6 Å². The number of methoxy groups -OCH3 is 1. The molecule has 0 aliphatic carbocycles. The number of rotatable bonds is 3. The fourth-order valence-corrected chi connectivity index (χ4v) is 4.03. The third kappa shape index (κ3) is 3.62. The molecule has 2 aliphatic heterocycles. The maximum Gasteiger partial charge on any atom is 0.409 e. The zero-order valence-corrected chi connectivity index (χ0v) is 15.9. The van der Waals surface area contributed by atoms with Crippen LogP contribution in [-0.2, 0) is 16.0 Å². The minimum absolute atomic E-state index is 0.154. The van der Waals surface area contributed by atoms with E-state index in [1.165, 1.54) is 12.7 Å². The second-order valence-electron chi connectivity index (χ2n) is 7.38. The first kappa shape index (κ1) is 18.5. The largest absolute Gasteiger partial charge is 0.453 e. The average molecular weight is 387 g/mol. The van der Waals surface area contributed by atoms with Crippen molar-refractivity contribution >= 4 is 23.2 Å². The molecule has 2 fully saturated rings. The number of aromatic nitrogens is 2. The van der Waals surface area contributed by atoms with Crippen molar-refractivity contribution in [3.05, 3.63) is 30.1 Å². The highest BCUT2D eigenvalue weighted by molar-refractivity contribution is 5.81. The molecule has 4 rings (SSSR count). The summed E-state index contributed by atoms with van der Waals surface area (Å²) in [5, 5.41) is 17.1. The van der Waals surface area contributed by atoms with Crippen molar-refractivity contribution in [3.8, 4) is 0 Å². The molecule has 1 unspecified atom stereocenters. The van der Waals surface area contributed by atoms with E-state index in [1.54, 1.807) is 20.5 Å². The molecule has 4 heterocycles. The van der Waals surface area contributed by atoms with E-state index in [9.17, 15) is 14.7 Å². The molecular weight excluding hydrogens is 362 g/mol. The Kier molecular flexibility index (Phi) is 5.08. The summed E-state index contributed by atoms with van der Waals surface area (Å²) in [4.78, 5) is 26.6. The number of ether oxygens (including phenoxy) is 1. The molecule has 2 aliphatic rings. The Bertz CT molecular complexity index is 874. The molecule has 0 bridgehead atoms. The predicted octanol–water partition coefficient (Wildman–Crippen LogP) is 0.957. The van der Waals surface area contributed by atoms with Crippen LogP contribution in [0.5, 0.6) is 0 Å². The molecule has 2 aromatic heterocycles. The van der Waals surface area contributed by atoms with E-state index in [4.69, 9.17) is 4.74 Å². The molecule has 0 aromatic carbocycles. The molecule has 2 aromatic rings. The van der Waals surface area contributed by atoms with Gasteiger partial charge in [0.2, 0.25) is 12.3 Å². The van der Waals surface area contributed by atoms with Gasteiger partial charge in [0, 0.05) is 32.3 Å². The zero-order chi connectivity index (χ0) is 19.7. The topological polar surface area (TPSA) is 99.4 Å². The van der Waals surface area contributed by atoms with Gasteiger partial charge >= 0.3 is 6.09 Å². The number of aliphatic hydroxyl groups is 1. The highest BCUT2D eigenvalue weighted by Gasteiger charge is 2.27. The van der Waals surface area contributed by atoms with Gasteiger partial charge in [0.1, 0.15) is 0 Å². The van der Waals surface area contributed by atoms with Crippen molar-refractivity contribution in [2.24, 2.45) is 5.92 Å². The second-order valence-corrected chi connectivity index (χ2v) is 7.38. The highest BCUT2D eigenvalue weighted by Crippen LogP contribution is 2.27. The Balaban J connectivity index is 1.48. The van der Waals surface area contributed by atoms with Crippen LogP contribution in [0.15, 0.2) is 24.5 Å². The lowest BCUT2D eigenvalue weighted by atomic mass is 9.90. The van der Waals surface area contributed by atoms with E-state index in [2.05, 4.69) is 22.5 Å². The van der Waals surface area contributed by atoms with Gasteiger partial charge in [-0.1, -0.05) is 0 Å². The SMILES string of the molecule is COC(=O)N1CCC(Cc2ccn3ncc(N4CCC(=O)NC4O)c3c2)CC1. The van der Waals surface area contributed by atoms with Crippen LogP contribution in [0, 0.1) is 5.92 Å². The number of carbonyl (C=O) groups excluding carboxylic acids is 2. The summed E-state index contributed by atoms with van der Waals surface area (Å²) in [6.07, 6.45) is 5.51. The summed E-state index contributed by atoms with van der Waals surface area (Å²) in [5.74, 6) is 0.355. The quantitative estimate of drug-likeness (QED) is 0.814. The normalized spacial score (nSPS) is 21.1. The molecule has 1 atom stereocenters. The smallest absolute Gasteiger partial charge is 0.409 e. The van der Waals surface area contributed by atoms with Gasteiger partial charge in [-0.05, 0) is 42.9 Å². The third-order valence-corrected chi connectivity index (χ3v) is 5.61. The monoisotopic (exact) mass is 387 g/mol. The molecule has 2 saturated heterocycles. The van der Waals surface area contributed by atoms with Crippen LogP contribution >= 0.6 is 0 Å². The molecule has 0 radical (unpaired) electrons.